The number of benzene rings is 2. The smallest absolute Gasteiger partial charge is 0.137 e. The van der Waals surface area contributed by atoms with Crippen LogP contribution in [-0.2, 0) is 0 Å². The molecule has 4 heteroatoms. The monoisotopic (exact) mass is 326 g/mol. The number of rotatable bonds is 2. The molecule has 0 bridgehead atoms. The summed E-state index contributed by atoms with van der Waals surface area (Å²) in [4.78, 5) is 0. The van der Waals surface area contributed by atoms with E-state index in [2.05, 4.69) is 15.9 Å². The minimum Gasteiger partial charge on any atom is -0.383 e. The van der Waals surface area contributed by atoms with Crippen molar-refractivity contribution < 1.29 is 13.9 Å². The molecule has 0 aliphatic heterocycles. The summed E-state index contributed by atoms with van der Waals surface area (Å²) < 4.78 is 27.6. The topological polar surface area (TPSA) is 20.2 Å². The molecule has 1 N–H and O–H groups in total. The molecule has 0 aliphatic rings. The van der Waals surface area contributed by atoms with Crippen LogP contribution in [0.5, 0.6) is 0 Å². The highest BCUT2D eigenvalue weighted by Gasteiger charge is 2.21. The molecule has 100 valence electrons. The van der Waals surface area contributed by atoms with E-state index in [1.807, 2.05) is 0 Å². The van der Waals surface area contributed by atoms with E-state index < -0.39 is 17.7 Å². The normalized spacial score (nSPS) is 12.5. The molecule has 0 aromatic heterocycles. The van der Waals surface area contributed by atoms with Gasteiger partial charge >= 0.3 is 0 Å². The highest BCUT2D eigenvalue weighted by Crippen LogP contribution is 2.33. The lowest BCUT2D eigenvalue weighted by Crippen LogP contribution is -2.07. The molecule has 0 amide bonds. The van der Waals surface area contributed by atoms with Crippen LogP contribution in [0.3, 0.4) is 0 Å². The summed E-state index contributed by atoms with van der Waals surface area (Å²) in [6, 6.07) is 7.48. The second kappa shape index (κ2) is 5.39. The van der Waals surface area contributed by atoms with E-state index in [4.69, 9.17) is 0 Å². The summed E-state index contributed by atoms with van der Waals surface area (Å²) >= 11 is 3.08. The number of aliphatic hydroxyl groups excluding tert-OH is 1. The Balaban J connectivity index is 2.56. The van der Waals surface area contributed by atoms with Gasteiger partial charge in [-0.3, -0.25) is 0 Å². The number of aliphatic hydroxyl groups is 1. The maximum atomic E-state index is 14.0. The Morgan fingerprint density at radius 2 is 1.79 bits per heavy atom. The second-order valence-corrected chi connectivity index (χ2v) is 5.32. The van der Waals surface area contributed by atoms with Crippen LogP contribution in [0.2, 0.25) is 0 Å². The van der Waals surface area contributed by atoms with Gasteiger partial charge in [0.1, 0.15) is 17.7 Å². The highest BCUT2D eigenvalue weighted by molar-refractivity contribution is 9.10. The van der Waals surface area contributed by atoms with Gasteiger partial charge in [-0.15, -0.1) is 0 Å². The molecule has 0 heterocycles. The van der Waals surface area contributed by atoms with Crippen molar-refractivity contribution in [1.82, 2.24) is 0 Å². The van der Waals surface area contributed by atoms with Crippen molar-refractivity contribution >= 4 is 15.9 Å². The summed E-state index contributed by atoms with van der Waals surface area (Å²) in [6.07, 6.45) is -1.20. The third-order valence-electron chi connectivity index (χ3n) is 3.03. The lowest BCUT2D eigenvalue weighted by molar-refractivity contribution is 0.212. The molecular weight excluding hydrogens is 314 g/mol. The number of aryl methyl sites for hydroxylation is 2. The fourth-order valence-corrected chi connectivity index (χ4v) is 2.64. The number of hydrogen-bond donors (Lipinski definition) is 1. The molecule has 0 spiro atoms. The van der Waals surface area contributed by atoms with Crippen LogP contribution in [-0.4, -0.2) is 5.11 Å². The van der Waals surface area contributed by atoms with Crippen molar-refractivity contribution in [2.45, 2.75) is 20.0 Å². The zero-order chi connectivity index (χ0) is 14.2. The first-order valence-electron chi connectivity index (χ1n) is 5.80. The van der Waals surface area contributed by atoms with Gasteiger partial charge in [0, 0.05) is 11.1 Å². The second-order valence-electron chi connectivity index (χ2n) is 4.52. The number of halogens is 3. The van der Waals surface area contributed by atoms with Crippen molar-refractivity contribution in [2.24, 2.45) is 0 Å². The van der Waals surface area contributed by atoms with Crippen LogP contribution < -0.4 is 0 Å². The van der Waals surface area contributed by atoms with Crippen LogP contribution in [0.1, 0.15) is 28.4 Å². The summed E-state index contributed by atoms with van der Waals surface area (Å²) in [6.45, 7) is 3.51. The summed E-state index contributed by atoms with van der Waals surface area (Å²) in [5, 5.41) is 10.3. The average molecular weight is 327 g/mol. The summed E-state index contributed by atoms with van der Waals surface area (Å²) in [7, 11) is 0. The van der Waals surface area contributed by atoms with E-state index in [1.165, 1.54) is 18.2 Å². The zero-order valence-corrected chi connectivity index (χ0v) is 12.1. The van der Waals surface area contributed by atoms with Gasteiger partial charge in [0.25, 0.3) is 0 Å². The maximum absolute atomic E-state index is 14.0. The van der Waals surface area contributed by atoms with Crippen molar-refractivity contribution in [2.75, 3.05) is 0 Å². The predicted octanol–water partition coefficient (Wildman–Crippen LogP) is 4.43. The Kier molecular flexibility index (Phi) is 4.02. The van der Waals surface area contributed by atoms with E-state index in [0.29, 0.717) is 11.1 Å². The van der Waals surface area contributed by atoms with Crippen molar-refractivity contribution in [1.29, 1.82) is 0 Å². The Bertz CT molecular complexity index is 603. The molecule has 2 rings (SSSR count). The number of hydrogen-bond acceptors (Lipinski definition) is 1. The van der Waals surface area contributed by atoms with Gasteiger partial charge in [-0.2, -0.15) is 0 Å². The maximum Gasteiger partial charge on any atom is 0.137 e. The van der Waals surface area contributed by atoms with Crippen LogP contribution in [0.4, 0.5) is 8.78 Å². The van der Waals surface area contributed by atoms with E-state index >= 15 is 0 Å². The van der Waals surface area contributed by atoms with Gasteiger partial charge < -0.3 is 5.11 Å². The Morgan fingerprint density at radius 1 is 1.11 bits per heavy atom. The Hall–Kier alpha value is -1.26. The molecule has 0 radical (unpaired) electrons. The van der Waals surface area contributed by atoms with Gasteiger partial charge in [0.05, 0.1) is 4.47 Å². The van der Waals surface area contributed by atoms with Gasteiger partial charge in [-0.1, -0.05) is 18.2 Å². The van der Waals surface area contributed by atoms with Crippen molar-refractivity contribution in [3.05, 3.63) is 68.7 Å². The summed E-state index contributed by atoms with van der Waals surface area (Å²) in [5.41, 5.74) is 1.91. The first-order valence-corrected chi connectivity index (χ1v) is 6.59. The van der Waals surface area contributed by atoms with Crippen LogP contribution in [0.25, 0.3) is 0 Å². The highest BCUT2D eigenvalue weighted by atomic mass is 79.9. The zero-order valence-electron chi connectivity index (χ0n) is 10.5. The molecule has 1 atom stereocenters. The van der Waals surface area contributed by atoms with Gasteiger partial charge in [-0.25, -0.2) is 8.78 Å². The van der Waals surface area contributed by atoms with E-state index in [9.17, 15) is 13.9 Å². The Morgan fingerprint density at radius 3 is 2.42 bits per heavy atom. The first kappa shape index (κ1) is 14.2. The molecule has 0 saturated heterocycles. The molecule has 19 heavy (non-hydrogen) atoms. The Labute approximate surface area is 119 Å². The third kappa shape index (κ3) is 2.69. The van der Waals surface area contributed by atoms with Crippen LogP contribution in [0, 0.1) is 25.5 Å². The predicted molar refractivity (Wildman–Crippen MR) is 74.0 cm³/mol. The molecule has 2 aromatic rings. The average Bonchev–Trinajstić information content (AvgIpc) is 2.31. The minimum absolute atomic E-state index is 0.155. The molecule has 1 nitrogen and oxygen atoms in total. The fourth-order valence-electron chi connectivity index (χ4n) is 2.16. The molecular formula is C15H13BrF2O. The van der Waals surface area contributed by atoms with E-state index in [0.717, 1.165) is 5.56 Å². The fraction of sp³-hybridized carbons (Fsp3) is 0.200. The minimum atomic E-state index is -1.20. The standard InChI is InChI=1S/C15H13BrF2O/c1-8-6-9(2)13(12(18)7-8)15(19)10-4-3-5-11(17)14(10)16/h3-7,15,19H,1-2H3. The third-order valence-corrected chi connectivity index (χ3v) is 3.87. The van der Waals surface area contributed by atoms with Crippen molar-refractivity contribution in [3.8, 4) is 0 Å². The van der Waals surface area contributed by atoms with E-state index in [1.54, 1.807) is 26.0 Å². The van der Waals surface area contributed by atoms with E-state index in [-0.39, 0.29) is 10.0 Å². The molecule has 1 unspecified atom stereocenters. The lowest BCUT2D eigenvalue weighted by atomic mass is 9.95. The quantitative estimate of drug-likeness (QED) is 0.865. The summed E-state index contributed by atoms with van der Waals surface area (Å²) in [5.74, 6) is -0.970. The lowest BCUT2D eigenvalue weighted by Gasteiger charge is -2.17. The first-order chi connectivity index (χ1) is 8.91. The van der Waals surface area contributed by atoms with Crippen LogP contribution in [0.15, 0.2) is 34.8 Å². The molecule has 0 aliphatic carbocycles. The van der Waals surface area contributed by atoms with Gasteiger partial charge in [0.15, 0.2) is 0 Å². The van der Waals surface area contributed by atoms with Gasteiger partial charge in [0.2, 0.25) is 0 Å². The molecule has 2 aromatic carbocycles. The molecule has 0 saturated carbocycles. The SMILES string of the molecule is Cc1cc(C)c(C(O)c2cccc(F)c2Br)c(F)c1. The van der Waals surface area contributed by atoms with Gasteiger partial charge in [-0.05, 0) is 53.0 Å². The van der Waals surface area contributed by atoms with Crippen LogP contribution >= 0.6 is 15.9 Å². The largest absolute Gasteiger partial charge is 0.383 e. The molecule has 0 fully saturated rings. The van der Waals surface area contributed by atoms with Crippen molar-refractivity contribution in [3.63, 3.8) is 0 Å².